The number of halogens is 2. The van der Waals surface area contributed by atoms with Crippen LogP contribution in [0.25, 0.3) is 0 Å². The van der Waals surface area contributed by atoms with Gasteiger partial charge < -0.3 is 10.8 Å². The zero-order valence-electron chi connectivity index (χ0n) is 8.76. The summed E-state index contributed by atoms with van der Waals surface area (Å²) in [5.41, 5.74) is 4.86. The van der Waals surface area contributed by atoms with E-state index in [1.54, 1.807) is 13.8 Å². The quantitative estimate of drug-likeness (QED) is 0.742. The highest BCUT2D eigenvalue weighted by molar-refractivity contribution is 4.90. The van der Waals surface area contributed by atoms with E-state index in [0.717, 1.165) is 0 Å². The van der Waals surface area contributed by atoms with Crippen LogP contribution in [-0.2, 0) is 0 Å². The van der Waals surface area contributed by atoms with E-state index < -0.39 is 23.5 Å². The molecule has 0 aromatic heterocycles. The van der Waals surface area contributed by atoms with Crippen molar-refractivity contribution < 1.29 is 13.9 Å². The smallest absolute Gasteiger partial charge is 0.251 e. The highest BCUT2D eigenvalue weighted by atomic mass is 19.3. The molecular weight excluding hydrogens is 188 g/mol. The predicted octanol–water partition coefficient (Wildman–Crippen LogP) is 1.91. The van der Waals surface area contributed by atoms with Crippen LogP contribution in [0, 0.1) is 5.92 Å². The maximum absolute atomic E-state index is 13.2. The summed E-state index contributed by atoms with van der Waals surface area (Å²) in [6, 6.07) is 0. The van der Waals surface area contributed by atoms with E-state index in [0.29, 0.717) is 12.8 Å². The van der Waals surface area contributed by atoms with Crippen molar-refractivity contribution >= 4 is 0 Å². The van der Waals surface area contributed by atoms with Gasteiger partial charge in [0.15, 0.2) is 0 Å². The summed E-state index contributed by atoms with van der Waals surface area (Å²) < 4.78 is 26.4. The largest absolute Gasteiger partial charge is 0.391 e. The first-order valence-corrected chi connectivity index (χ1v) is 5.08. The van der Waals surface area contributed by atoms with Gasteiger partial charge in [0.05, 0.1) is 6.10 Å². The van der Waals surface area contributed by atoms with Gasteiger partial charge in [-0.3, -0.25) is 0 Å². The monoisotopic (exact) mass is 207 g/mol. The molecule has 0 heterocycles. The van der Waals surface area contributed by atoms with Gasteiger partial charge in [0.25, 0.3) is 5.92 Å². The highest BCUT2D eigenvalue weighted by Gasteiger charge is 2.45. The summed E-state index contributed by atoms with van der Waals surface area (Å²) >= 11 is 0. The number of hydrogen-bond donors (Lipinski definition) is 2. The predicted molar refractivity (Wildman–Crippen MR) is 51.2 cm³/mol. The van der Waals surface area contributed by atoms with Gasteiger partial charge >= 0.3 is 0 Å². The van der Waals surface area contributed by atoms with Crippen LogP contribution in [0.1, 0.15) is 39.5 Å². The Morgan fingerprint density at radius 2 is 2.14 bits per heavy atom. The molecule has 0 radical (unpaired) electrons. The molecule has 84 valence electrons. The molecule has 1 rings (SSSR count). The molecule has 0 bridgehead atoms. The van der Waals surface area contributed by atoms with Crippen LogP contribution < -0.4 is 5.73 Å². The normalized spacial score (nSPS) is 29.1. The maximum Gasteiger partial charge on any atom is 0.251 e. The van der Waals surface area contributed by atoms with Crippen molar-refractivity contribution in [2.45, 2.75) is 57.1 Å². The summed E-state index contributed by atoms with van der Waals surface area (Å²) in [6.07, 6.45) is 0.262. The minimum absolute atomic E-state index is 0.0462. The van der Waals surface area contributed by atoms with Gasteiger partial charge in [-0.2, -0.15) is 0 Å². The van der Waals surface area contributed by atoms with Crippen LogP contribution in [0.3, 0.4) is 0 Å². The number of hydrogen-bond acceptors (Lipinski definition) is 2. The van der Waals surface area contributed by atoms with E-state index in [9.17, 15) is 13.9 Å². The lowest BCUT2D eigenvalue weighted by Crippen LogP contribution is -2.46. The van der Waals surface area contributed by atoms with E-state index in [2.05, 4.69) is 0 Å². The molecule has 1 aliphatic carbocycles. The van der Waals surface area contributed by atoms with Gasteiger partial charge in [0, 0.05) is 17.9 Å². The fraction of sp³-hybridized carbons (Fsp3) is 1.00. The van der Waals surface area contributed by atoms with Gasteiger partial charge in [-0.15, -0.1) is 0 Å². The molecule has 0 aliphatic heterocycles. The average molecular weight is 207 g/mol. The zero-order chi connectivity index (χ0) is 11.0. The highest BCUT2D eigenvalue weighted by Crippen LogP contribution is 2.43. The summed E-state index contributed by atoms with van der Waals surface area (Å²) in [5.74, 6) is -3.30. The molecule has 0 amide bonds. The van der Waals surface area contributed by atoms with Gasteiger partial charge in [0.1, 0.15) is 0 Å². The standard InChI is InChI=1S/C10H19F2NO/c1-9(2,13)8(14)6-7-4-3-5-10(7,11)12/h7-8,14H,3-6,13H2,1-2H3. The molecule has 1 aliphatic rings. The molecule has 2 unspecified atom stereocenters. The van der Waals surface area contributed by atoms with Crippen molar-refractivity contribution in [1.29, 1.82) is 0 Å². The maximum atomic E-state index is 13.2. The van der Waals surface area contributed by atoms with Gasteiger partial charge in [-0.1, -0.05) is 0 Å². The molecule has 4 heteroatoms. The number of aliphatic hydroxyl groups is 1. The van der Waals surface area contributed by atoms with Crippen molar-refractivity contribution in [3.8, 4) is 0 Å². The van der Waals surface area contributed by atoms with Crippen LogP contribution >= 0.6 is 0 Å². The van der Waals surface area contributed by atoms with Gasteiger partial charge in [0.2, 0.25) is 0 Å². The zero-order valence-corrected chi connectivity index (χ0v) is 8.76. The lowest BCUT2D eigenvalue weighted by molar-refractivity contribution is -0.0586. The van der Waals surface area contributed by atoms with E-state index in [-0.39, 0.29) is 12.8 Å². The lowest BCUT2D eigenvalue weighted by atomic mass is 9.88. The minimum Gasteiger partial charge on any atom is -0.391 e. The Bertz CT molecular complexity index is 201. The molecular formula is C10H19F2NO. The lowest BCUT2D eigenvalue weighted by Gasteiger charge is -2.29. The van der Waals surface area contributed by atoms with Crippen molar-refractivity contribution in [1.82, 2.24) is 0 Å². The van der Waals surface area contributed by atoms with Crippen LogP contribution in [-0.4, -0.2) is 22.7 Å². The second-order valence-corrected chi connectivity index (χ2v) is 4.92. The topological polar surface area (TPSA) is 46.2 Å². The summed E-state index contributed by atoms with van der Waals surface area (Å²) in [6.45, 7) is 3.32. The second kappa shape index (κ2) is 3.74. The van der Waals surface area contributed by atoms with Crippen molar-refractivity contribution in [3.05, 3.63) is 0 Å². The first kappa shape index (κ1) is 11.9. The molecule has 3 N–H and O–H groups in total. The molecule has 0 aromatic carbocycles. The fourth-order valence-electron chi connectivity index (χ4n) is 1.86. The third-order valence-electron chi connectivity index (χ3n) is 3.03. The van der Waals surface area contributed by atoms with E-state index >= 15 is 0 Å². The second-order valence-electron chi connectivity index (χ2n) is 4.92. The number of nitrogens with two attached hydrogens (primary N) is 1. The van der Waals surface area contributed by atoms with E-state index in [4.69, 9.17) is 5.73 Å². The molecule has 1 fully saturated rings. The van der Waals surface area contributed by atoms with E-state index in [1.165, 1.54) is 0 Å². The number of alkyl halides is 2. The molecule has 2 nitrogen and oxygen atoms in total. The Balaban J connectivity index is 2.52. The Morgan fingerprint density at radius 1 is 1.57 bits per heavy atom. The Hall–Kier alpha value is -0.220. The molecule has 1 saturated carbocycles. The molecule has 0 saturated heterocycles. The van der Waals surface area contributed by atoms with Crippen molar-refractivity contribution in [2.24, 2.45) is 11.7 Å². The molecule has 2 atom stereocenters. The SMILES string of the molecule is CC(C)(N)C(O)CC1CCCC1(F)F. The van der Waals surface area contributed by atoms with E-state index in [1.807, 2.05) is 0 Å². The van der Waals surface area contributed by atoms with Crippen molar-refractivity contribution in [3.63, 3.8) is 0 Å². The Labute approximate surface area is 83.5 Å². The molecule has 14 heavy (non-hydrogen) atoms. The first-order valence-electron chi connectivity index (χ1n) is 5.08. The van der Waals surface area contributed by atoms with Crippen LogP contribution in [0.15, 0.2) is 0 Å². The minimum atomic E-state index is -2.60. The van der Waals surface area contributed by atoms with Crippen LogP contribution in [0.5, 0.6) is 0 Å². The Morgan fingerprint density at radius 3 is 2.50 bits per heavy atom. The fourth-order valence-corrected chi connectivity index (χ4v) is 1.86. The number of rotatable bonds is 3. The van der Waals surface area contributed by atoms with Crippen LogP contribution in [0.4, 0.5) is 8.78 Å². The first-order chi connectivity index (χ1) is 6.23. The number of aliphatic hydroxyl groups excluding tert-OH is 1. The average Bonchev–Trinajstić information content (AvgIpc) is 2.29. The Kier molecular flexibility index (Phi) is 3.17. The third-order valence-corrected chi connectivity index (χ3v) is 3.03. The molecule has 0 aromatic rings. The van der Waals surface area contributed by atoms with Crippen LogP contribution in [0.2, 0.25) is 0 Å². The summed E-state index contributed by atoms with van der Waals surface area (Å²) in [4.78, 5) is 0. The molecule has 0 spiro atoms. The summed E-state index contributed by atoms with van der Waals surface area (Å²) in [5, 5.41) is 9.62. The van der Waals surface area contributed by atoms with Gasteiger partial charge in [-0.25, -0.2) is 8.78 Å². The van der Waals surface area contributed by atoms with Gasteiger partial charge in [-0.05, 0) is 33.1 Å². The third kappa shape index (κ3) is 2.64. The van der Waals surface area contributed by atoms with Crippen molar-refractivity contribution in [2.75, 3.05) is 0 Å². The summed E-state index contributed by atoms with van der Waals surface area (Å²) in [7, 11) is 0.